The van der Waals surface area contributed by atoms with Crippen molar-refractivity contribution in [1.82, 2.24) is 9.78 Å². The molecular formula is C21H27N3O. The third-order valence-corrected chi connectivity index (χ3v) is 5.78. The van der Waals surface area contributed by atoms with Crippen molar-refractivity contribution in [2.75, 3.05) is 11.4 Å². The Morgan fingerprint density at radius 2 is 1.96 bits per heavy atom. The van der Waals surface area contributed by atoms with Crippen LogP contribution in [-0.2, 0) is 23.2 Å². The first-order valence-electron chi connectivity index (χ1n) is 9.34. The Kier molecular flexibility index (Phi) is 3.75. The molecule has 0 saturated heterocycles. The van der Waals surface area contributed by atoms with Crippen molar-refractivity contribution in [2.45, 2.75) is 58.9 Å². The van der Waals surface area contributed by atoms with E-state index in [1.807, 2.05) is 17.9 Å². The molecule has 0 N–H and O–H groups in total. The van der Waals surface area contributed by atoms with E-state index in [0.717, 1.165) is 35.7 Å². The zero-order valence-electron chi connectivity index (χ0n) is 15.7. The molecular weight excluding hydrogens is 310 g/mol. The fourth-order valence-electron chi connectivity index (χ4n) is 4.19. The van der Waals surface area contributed by atoms with Crippen LogP contribution in [-0.4, -0.2) is 22.2 Å². The molecule has 4 heteroatoms. The molecule has 0 atom stereocenters. The van der Waals surface area contributed by atoms with Crippen LogP contribution in [0, 0.1) is 19.8 Å². The Labute approximate surface area is 149 Å². The summed E-state index contributed by atoms with van der Waals surface area (Å²) >= 11 is 0. The molecule has 1 spiro atoms. The van der Waals surface area contributed by atoms with Crippen molar-refractivity contribution < 1.29 is 4.79 Å². The Morgan fingerprint density at radius 3 is 2.64 bits per heavy atom. The van der Waals surface area contributed by atoms with Gasteiger partial charge >= 0.3 is 0 Å². The largest absolute Gasteiger partial charge is 0.311 e. The predicted octanol–water partition coefficient (Wildman–Crippen LogP) is 3.78. The highest BCUT2D eigenvalue weighted by Gasteiger charge is 2.52. The number of aryl methyl sites for hydroxylation is 1. The van der Waals surface area contributed by atoms with Gasteiger partial charge in [-0.05, 0) is 44.2 Å². The van der Waals surface area contributed by atoms with Crippen molar-refractivity contribution in [3.63, 3.8) is 0 Å². The third kappa shape index (κ3) is 2.68. The van der Waals surface area contributed by atoms with Crippen LogP contribution in [0.15, 0.2) is 24.3 Å². The van der Waals surface area contributed by atoms with Gasteiger partial charge < -0.3 is 4.90 Å². The molecule has 4 nitrogen and oxygen atoms in total. The Balaban J connectivity index is 1.59. The highest BCUT2D eigenvalue weighted by Crippen LogP contribution is 2.56. The molecule has 0 bridgehead atoms. The number of hydrogen-bond donors (Lipinski definition) is 0. The van der Waals surface area contributed by atoms with E-state index in [4.69, 9.17) is 0 Å². The minimum Gasteiger partial charge on any atom is -0.311 e. The van der Waals surface area contributed by atoms with E-state index in [-0.39, 0.29) is 11.3 Å². The van der Waals surface area contributed by atoms with Crippen LogP contribution in [0.25, 0.3) is 0 Å². The van der Waals surface area contributed by atoms with Gasteiger partial charge in [-0.15, -0.1) is 0 Å². The van der Waals surface area contributed by atoms with Crippen LogP contribution in [0.4, 0.5) is 5.69 Å². The lowest BCUT2D eigenvalue weighted by molar-refractivity contribution is -0.118. The molecule has 132 valence electrons. The lowest BCUT2D eigenvalue weighted by Crippen LogP contribution is -2.33. The van der Waals surface area contributed by atoms with Crippen molar-refractivity contribution in [1.29, 1.82) is 0 Å². The first kappa shape index (κ1) is 16.4. The molecule has 25 heavy (non-hydrogen) atoms. The van der Waals surface area contributed by atoms with E-state index >= 15 is 0 Å². The second-order valence-corrected chi connectivity index (χ2v) is 8.18. The predicted molar refractivity (Wildman–Crippen MR) is 100.0 cm³/mol. The number of nitrogens with zero attached hydrogens (tertiary/aromatic N) is 3. The summed E-state index contributed by atoms with van der Waals surface area (Å²) in [6.45, 7) is 10.2. The number of carbonyl (C=O) groups excluding carboxylic acids is 1. The number of hydrogen-bond acceptors (Lipinski definition) is 2. The molecule has 1 aromatic carbocycles. The van der Waals surface area contributed by atoms with Crippen LogP contribution in [0.5, 0.6) is 0 Å². The maximum atomic E-state index is 13.1. The number of para-hydroxylation sites is 1. The topological polar surface area (TPSA) is 38.1 Å². The van der Waals surface area contributed by atoms with Gasteiger partial charge in [0.15, 0.2) is 0 Å². The van der Waals surface area contributed by atoms with Crippen LogP contribution in [0.3, 0.4) is 0 Å². The summed E-state index contributed by atoms with van der Waals surface area (Å²) in [7, 11) is 0. The fraction of sp³-hybridized carbons (Fsp3) is 0.524. The minimum absolute atomic E-state index is 0.200. The SMILES string of the molecule is Cc1nn(CC(C)C)c(C)c1CC(=O)N1CC2(CC2)c2ccccc21. The lowest BCUT2D eigenvalue weighted by atomic mass is 9.99. The zero-order valence-corrected chi connectivity index (χ0v) is 15.7. The van der Waals surface area contributed by atoms with Crippen LogP contribution >= 0.6 is 0 Å². The average molecular weight is 337 g/mol. The fourth-order valence-corrected chi connectivity index (χ4v) is 4.19. The van der Waals surface area contributed by atoms with Gasteiger partial charge in [0.2, 0.25) is 5.91 Å². The van der Waals surface area contributed by atoms with Gasteiger partial charge in [0, 0.05) is 35.4 Å². The molecule has 1 aliphatic heterocycles. The molecule has 2 aromatic rings. The maximum absolute atomic E-state index is 13.1. The Bertz CT molecular complexity index is 830. The lowest BCUT2D eigenvalue weighted by Gasteiger charge is -2.18. The Morgan fingerprint density at radius 1 is 1.24 bits per heavy atom. The monoisotopic (exact) mass is 337 g/mol. The van der Waals surface area contributed by atoms with Gasteiger partial charge in [0.05, 0.1) is 12.1 Å². The van der Waals surface area contributed by atoms with Gasteiger partial charge in [-0.1, -0.05) is 32.0 Å². The van der Waals surface area contributed by atoms with Gasteiger partial charge in [0.25, 0.3) is 0 Å². The molecule has 2 heterocycles. The smallest absolute Gasteiger partial charge is 0.231 e. The Hall–Kier alpha value is -2.10. The standard InChI is InChI=1S/C21H27N3O/c1-14(2)12-24-16(4)17(15(3)22-24)11-20(25)23-13-21(9-10-21)18-7-5-6-8-19(18)23/h5-8,14H,9-13H2,1-4H3. The molecule has 1 amide bonds. The molecule has 4 rings (SSSR count). The van der Waals surface area contributed by atoms with Crippen molar-refractivity contribution >= 4 is 11.6 Å². The van der Waals surface area contributed by atoms with Crippen molar-refractivity contribution in [3.8, 4) is 0 Å². The number of carbonyl (C=O) groups is 1. The van der Waals surface area contributed by atoms with Crippen molar-refractivity contribution in [2.24, 2.45) is 5.92 Å². The van der Waals surface area contributed by atoms with E-state index < -0.39 is 0 Å². The summed E-state index contributed by atoms with van der Waals surface area (Å²) in [5, 5.41) is 4.66. The van der Waals surface area contributed by atoms with E-state index in [2.05, 4.69) is 48.8 Å². The quantitative estimate of drug-likeness (QED) is 0.851. The number of aromatic nitrogens is 2. The maximum Gasteiger partial charge on any atom is 0.231 e. The summed E-state index contributed by atoms with van der Waals surface area (Å²) in [5.74, 6) is 0.744. The third-order valence-electron chi connectivity index (χ3n) is 5.78. The zero-order chi connectivity index (χ0) is 17.8. The summed E-state index contributed by atoms with van der Waals surface area (Å²) < 4.78 is 2.06. The molecule has 1 fully saturated rings. The van der Waals surface area contributed by atoms with E-state index in [9.17, 15) is 4.79 Å². The van der Waals surface area contributed by atoms with Gasteiger partial charge in [0.1, 0.15) is 0 Å². The van der Waals surface area contributed by atoms with Gasteiger partial charge in [-0.3, -0.25) is 9.48 Å². The van der Waals surface area contributed by atoms with Crippen LogP contribution < -0.4 is 4.90 Å². The summed E-state index contributed by atoms with van der Waals surface area (Å²) in [6.07, 6.45) is 2.86. The molecule has 0 unspecified atom stereocenters. The summed E-state index contributed by atoms with van der Waals surface area (Å²) in [5.41, 5.74) is 5.95. The second kappa shape index (κ2) is 5.72. The highest BCUT2D eigenvalue weighted by atomic mass is 16.2. The number of rotatable bonds is 4. The molecule has 1 saturated carbocycles. The average Bonchev–Trinajstić information content (AvgIpc) is 3.21. The molecule has 0 radical (unpaired) electrons. The van der Waals surface area contributed by atoms with Gasteiger partial charge in [-0.2, -0.15) is 5.10 Å². The number of fused-ring (bicyclic) bond motifs is 2. The molecule has 2 aliphatic rings. The van der Waals surface area contributed by atoms with Crippen LogP contribution in [0.1, 0.15) is 49.2 Å². The minimum atomic E-state index is 0.200. The summed E-state index contributed by atoms with van der Waals surface area (Å²) in [4.78, 5) is 15.1. The van der Waals surface area contributed by atoms with E-state index in [1.165, 1.54) is 18.4 Å². The first-order valence-corrected chi connectivity index (χ1v) is 9.34. The molecule has 1 aromatic heterocycles. The first-order chi connectivity index (χ1) is 11.9. The van der Waals surface area contributed by atoms with Crippen LogP contribution in [0.2, 0.25) is 0 Å². The summed E-state index contributed by atoms with van der Waals surface area (Å²) in [6, 6.07) is 8.43. The normalized spacial score (nSPS) is 17.4. The van der Waals surface area contributed by atoms with Crippen molar-refractivity contribution in [3.05, 3.63) is 46.8 Å². The van der Waals surface area contributed by atoms with E-state index in [0.29, 0.717) is 12.3 Å². The number of amides is 1. The second-order valence-electron chi connectivity index (χ2n) is 8.18. The number of anilines is 1. The van der Waals surface area contributed by atoms with E-state index in [1.54, 1.807) is 0 Å². The molecule has 1 aliphatic carbocycles. The number of benzene rings is 1. The van der Waals surface area contributed by atoms with Gasteiger partial charge in [-0.25, -0.2) is 0 Å². The highest BCUT2D eigenvalue weighted by molar-refractivity contribution is 5.98.